The highest BCUT2D eigenvalue weighted by molar-refractivity contribution is 14.0. The molecule has 0 bridgehead atoms. The van der Waals surface area contributed by atoms with E-state index < -0.39 is 0 Å². The Labute approximate surface area is 190 Å². The highest BCUT2D eigenvalue weighted by Crippen LogP contribution is 2.15. The van der Waals surface area contributed by atoms with Gasteiger partial charge in [-0.25, -0.2) is 0 Å². The average Bonchev–Trinajstić information content (AvgIpc) is 2.89. The van der Waals surface area contributed by atoms with E-state index in [1.165, 1.54) is 16.8 Å². The molecule has 6 nitrogen and oxygen atoms in total. The summed E-state index contributed by atoms with van der Waals surface area (Å²) in [6.45, 7) is 9.80. The molecule has 1 aliphatic heterocycles. The Morgan fingerprint density at radius 2 is 1.93 bits per heavy atom. The molecule has 0 radical (unpaired) electrons. The van der Waals surface area contributed by atoms with Crippen LogP contribution in [0.3, 0.4) is 0 Å². The quantitative estimate of drug-likeness (QED) is 0.385. The number of aliphatic imine (C=N–C) groups is 1. The first kappa shape index (κ1) is 23.0. The summed E-state index contributed by atoms with van der Waals surface area (Å²) < 4.78 is 1.93. The van der Waals surface area contributed by atoms with Crippen LogP contribution in [0.5, 0.6) is 0 Å². The molecule has 1 fully saturated rings. The van der Waals surface area contributed by atoms with Gasteiger partial charge in [-0.2, -0.15) is 5.10 Å². The second kappa shape index (κ2) is 10.5. The van der Waals surface area contributed by atoms with Crippen molar-refractivity contribution in [3.8, 4) is 0 Å². The molecule has 0 amide bonds. The van der Waals surface area contributed by atoms with Crippen LogP contribution in [0.25, 0.3) is 0 Å². The lowest BCUT2D eigenvalue weighted by molar-refractivity contribution is 0.172. The fraction of sp³-hybridized carbons (Fsp3) is 0.500. The Kier molecular flexibility index (Phi) is 8.57. The summed E-state index contributed by atoms with van der Waals surface area (Å²) in [5.41, 5.74) is 4.78. The van der Waals surface area contributed by atoms with Crippen LogP contribution in [0.15, 0.2) is 29.3 Å². The van der Waals surface area contributed by atoms with Crippen LogP contribution < -0.4 is 5.32 Å². The maximum Gasteiger partial charge on any atom is 0.194 e. The fourth-order valence-corrected chi connectivity index (χ4v) is 3.80. The third-order valence-corrected chi connectivity index (χ3v) is 5.50. The van der Waals surface area contributed by atoms with Crippen LogP contribution >= 0.6 is 35.6 Å². The van der Waals surface area contributed by atoms with Crippen LogP contribution in [-0.4, -0.2) is 58.8 Å². The highest BCUT2D eigenvalue weighted by atomic mass is 127. The van der Waals surface area contributed by atoms with Gasteiger partial charge in [-0.1, -0.05) is 23.7 Å². The fourth-order valence-electron chi connectivity index (χ4n) is 3.58. The Bertz CT molecular complexity index is 811. The van der Waals surface area contributed by atoms with E-state index in [1.807, 2.05) is 37.0 Å². The molecule has 0 unspecified atom stereocenters. The van der Waals surface area contributed by atoms with Gasteiger partial charge in [0.05, 0.1) is 5.69 Å². The Hall–Kier alpha value is -1.32. The molecule has 0 spiro atoms. The topological polar surface area (TPSA) is 48.7 Å². The summed E-state index contributed by atoms with van der Waals surface area (Å²) in [5.74, 6) is 0.958. The molecule has 1 N–H and O–H groups in total. The summed E-state index contributed by atoms with van der Waals surface area (Å²) >= 11 is 6.10. The Morgan fingerprint density at radius 3 is 2.50 bits per heavy atom. The standard InChI is InChI=1S/C20H29ClN6.HI/c1-15-19(16(2)25(4)24-15)13-23-20(22-3)27-10-8-26(9-11-27)14-17-6-5-7-18(21)12-17;/h5-7,12H,8-11,13-14H2,1-4H3,(H,22,23);1H. The smallest absolute Gasteiger partial charge is 0.194 e. The Balaban J connectivity index is 0.00000280. The number of rotatable bonds is 4. The number of nitrogens with one attached hydrogen (secondary N) is 1. The molecule has 0 aliphatic carbocycles. The van der Waals surface area contributed by atoms with Crippen molar-refractivity contribution in [2.45, 2.75) is 26.9 Å². The van der Waals surface area contributed by atoms with Gasteiger partial charge < -0.3 is 10.2 Å². The number of benzene rings is 1. The van der Waals surface area contributed by atoms with Crippen molar-refractivity contribution in [1.82, 2.24) is 24.9 Å². The lowest BCUT2D eigenvalue weighted by Crippen LogP contribution is -2.52. The van der Waals surface area contributed by atoms with Gasteiger partial charge in [-0.05, 0) is 31.5 Å². The van der Waals surface area contributed by atoms with Gasteiger partial charge in [0.2, 0.25) is 0 Å². The molecule has 0 saturated carbocycles. The van der Waals surface area contributed by atoms with Crippen molar-refractivity contribution >= 4 is 41.5 Å². The summed E-state index contributed by atoms with van der Waals surface area (Å²) in [4.78, 5) is 9.27. The zero-order chi connectivity index (χ0) is 19.4. The number of aryl methyl sites for hydroxylation is 2. The minimum atomic E-state index is 0. The molecular formula is C20H30ClIN6. The number of guanidine groups is 1. The van der Waals surface area contributed by atoms with Gasteiger partial charge in [-0.3, -0.25) is 14.6 Å². The molecule has 2 aromatic rings. The lowest BCUT2D eigenvalue weighted by Gasteiger charge is -2.36. The van der Waals surface area contributed by atoms with E-state index in [9.17, 15) is 0 Å². The van der Waals surface area contributed by atoms with Gasteiger partial charge in [0.25, 0.3) is 0 Å². The van der Waals surface area contributed by atoms with Crippen LogP contribution in [-0.2, 0) is 20.1 Å². The van der Waals surface area contributed by atoms with Gasteiger partial charge in [-0.15, -0.1) is 24.0 Å². The van der Waals surface area contributed by atoms with Crippen molar-refractivity contribution in [1.29, 1.82) is 0 Å². The molecule has 154 valence electrons. The maximum absolute atomic E-state index is 6.10. The van der Waals surface area contributed by atoms with Gasteiger partial charge in [0, 0.05) is 69.6 Å². The first-order valence-corrected chi connectivity index (χ1v) is 9.77. The number of aromatic nitrogens is 2. The van der Waals surface area contributed by atoms with E-state index in [0.717, 1.165) is 55.9 Å². The molecule has 1 aliphatic rings. The summed E-state index contributed by atoms with van der Waals surface area (Å²) in [7, 11) is 3.84. The summed E-state index contributed by atoms with van der Waals surface area (Å²) in [6, 6.07) is 8.12. The minimum Gasteiger partial charge on any atom is -0.352 e. The molecule has 3 rings (SSSR count). The summed E-state index contributed by atoms with van der Waals surface area (Å²) in [6.07, 6.45) is 0. The maximum atomic E-state index is 6.10. The first-order valence-electron chi connectivity index (χ1n) is 9.39. The van der Waals surface area contributed by atoms with Crippen molar-refractivity contribution in [3.63, 3.8) is 0 Å². The van der Waals surface area contributed by atoms with Crippen LogP contribution in [0, 0.1) is 13.8 Å². The molecule has 1 aromatic heterocycles. The van der Waals surface area contributed by atoms with Gasteiger partial charge in [0.1, 0.15) is 0 Å². The van der Waals surface area contributed by atoms with E-state index >= 15 is 0 Å². The molecule has 28 heavy (non-hydrogen) atoms. The first-order chi connectivity index (χ1) is 13.0. The molecule has 1 aromatic carbocycles. The van der Waals surface area contributed by atoms with Crippen molar-refractivity contribution in [2.75, 3.05) is 33.2 Å². The number of hydrogen-bond acceptors (Lipinski definition) is 3. The monoisotopic (exact) mass is 516 g/mol. The third-order valence-electron chi connectivity index (χ3n) is 5.26. The predicted octanol–water partition coefficient (Wildman–Crippen LogP) is 3.20. The second-order valence-electron chi connectivity index (χ2n) is 7.07. The molecule has 2 heterocycles. The van der Waals surface area contributed by atoms with Crippen LogP contribution in [0.4, 0.5) is 0 Å². The van der Waals surface area contributed by atoms with Crippen molar-refractivity contribution < 1.29 is 0 Å². The molecular weight excluding hydrogens is 487 g/mol. The predicted molar refractivity (Wildman–Crippen MR) is 127 cm³/mol. The number of hydrogen-bond donors (Lipinski definition) is 1. The summed E-state index contributed by atoms with van der Waals surface area (Å²) in [5, 5.41) is 8.80. The third kappa shape index (κ3) is 5.61. The molecule has 0 atom stereocenters. The second-order valence-corrected chi connectivity index (χ2v) is 7.50. The van der Waals surface area contributed by atoms with Crippen molar-refractivity contribution in [3.05, 3.63) is 51.8 Å². The zero-order valence-electron chi connectivity index (χ0n) is 17.1. The molecule has 8 heteroatoms. The van der Waals surface area contributed by atoms with Crippen molar-refractivity contribution in [2.24, 2.45) is 12.0 Å². The lowest BCUT2D eigenvalue weighted by atomic mass is 10.2. The Morgan fingerprint density at radius 1 is 1.21 bits per heavy atom. The van der Waals surface area contributed by atoms with Crippen LogP contribution in [0.2, 0.25) is 5.02 Å². The van der Waals surface area contributed by atoms with E-state index in [-0.39, 0.29) is 24.0 Å². The van der Waals surface area contributed by atoms with E-state index in [2.05, 4.69) is 45.1 Å². The number of piperazine rings is 1. The SMILES string of the molecule is CN=C(NCc1c(C)nn(C)c1C)N1CCN(Cc2cccc(Cl)c2)CC1.I. The minimum absolute atomic E-state index is 0. The average molecular weight is 517 g/mol. The van der Waals surface area contributed by atoms with Gasteiger partial charge in [0.15, 0.2) is 5.96 Å². The van der Waals surface area contributed by atoms with E-state index in [1.54, 1.807) is 0 Å². The number of nitrogens with zero attached hydrogens (tertiary/aromatic N) is 5. The van der Waals surface area contributed by atoms with E-state index in [0.29, 0.717) is 0 Å². The highest BCUT2D eigenvalue weighted by Gasteiger charge is 2.20. The molecule has 1 saturated heterocycles. The van der Waals surface area contributed by atoms with Crippen LogP contribution in [0.1, 0.15) is 22.5 Å². The largest absolute Gasteiger partial charge is 0.352 e. The number of halogens is 2. The van der Waals surface area contributed by atoms with Gasteiger partial charge >= 0.3 is 0 Å². The normalized spacial score (nSPS) is 15.5. The van der Waals surface area contributed by atoms with E-state index in [4.69, 9.17) is 11.6 Å². The zero-order valence-corrected chi connectivity index (χ0v) is 20.2.